The number of ether oxygens (including phenoxy) is 2. The second-order valence-electron chi connectivity index (χ2n) is 7.39. The van der Waals surface area contributed by atoms with Crippen LogP contribution in [0.4, 0.5) is 0 Å². The van der Waals surface area contributed by atoms with Crippen molar-refractivity contribution in [3.63, 3.8) is 0 Å². The summed E-state index contributed by atoms with van der Waals surface area (Å²) >= 11 is 0. The van der Waals surface area contributed by atoms with Crippen LogP contribution in [0.15, 0.2) is 0 Å². The lowest BCUT2D eigenvalue weighted by Crippen LogP contribution is -2.20. The molecule has 0 aromatic rings. The van der Waals surface area contributed by atoms with Gasteiger partial charge in [-0.2, -0.15) is 0 Å². The minimum absolute atomic E-state index is 0.127. The highest BCUT2D eigenvalue weighted by atomic mass is 16.5. The van der Waals surface area contributed by atoms with Crippen LogP contribution >= 0.6 is 0 Å². The van der Waals surface area contributed by atoms with Crippen molar-refractivity contribution in [1.82, 2.24) is 0 Å². The van der Waals surface area contributed by atoms with E-state index in [1.165, 1.54) is 91.3 Å². The second-order valence-corrected chi connectivity index (χ2v) is 7.39. The SMILES string of the molecule is CCCCCCCCCCCCCCCC[C@H](CC(=O)OC)C(=O)OC. The molecule has 0 aliphatic heterocycles. The number of unbranched alkanes of at least 4 members (excludes halogenated alkanes) is 13. The van der Waals surface area contributed by atoms with Crippen molar-refractivity contribution < 1.29 is 19.1 Å². The van der Waals surface area contributed by atoms with Crippen LogP contribution in [0.1, 0.15) is 110 Å². The van der Waals surface area contributed by atoms with Crippen LogP contribution in [-0.2, 0) is 19.1 Å². The molecule has 0 saturated carbocycles. The maximum Gasteiger partial charge on any atom is 0.309 e. The summed E-state index contributed by atoms with van der Waals surface area (Å²) in [7, 11) is 2.72. The molecule has 0 rings (SSSR count). The summed E-state index contributed by atoms with van der Waals surface area (Å²) in [6.07, 6.45) is 19.2. The van der Waals surface area contributed by atoms with E-state index in [-0.39, 0.29) is 24.3 Å². The molecule has 0 aromatic heterocycles. The molecular weight excluding hydrogens is 328 g/mol. The van der Waals surface area contributed by atoms with Gasteiger partial charge in [-0.3, -0.25) is 9.59 Å². The van der Waals surface area contributed by atoms with Crippen molar-refractivity contribution in [1.29, 1.82) is 0 Å². The van der Waals surface area contributed by atoms with Gasteiger partial charge in [-0.05, 0) is 6.42 Å². The van der Waals surface area contributed by atoms with E-state index in [9.17, 15) is 9.59 Å². The molecule has 0 radical (unpaired) electrons. The molecule has 0 aliphatic rings. The van der Waals surface area contributed by atoms with E-state index in [4.69, 9.17) is 4.74 Å². The fourth-order valence-corrected chi connectivity index (χ4v) is 3.34. The summed E-state index contributed by atoms with van der Waals surface area (Å²) in [4.78, 5) is 23.1. The quantitative estimate of drug-likeness (QED) is 0.212. The van der Waals surface area contributed by atoms with Gasteiger partial charge >= 0.3 is 11.9 Å². The number of hydrogen-bond donors (Lipinski definition) is 0. The van der Waals surface area contributed by atoms with Gasteiger partial charge in [0.1, 0.15) is 0 Å². The van der Waals surface area contributed by atoms with Gasteiger partial charge in [0.05, 0.1) is 26.6 Å². The third-order valence-electron chi connectivity index (χ3n) is 5.08. The van der Waals surface area contributed by atoms with E-state index in [0.29, 0.717) is 6.42 Å². The van der Waals surface area contributed by atoms with Gasteiger partial charge in [0, 0.05) is 0 Å². The highest BCUT2D eigenvalue weighted by molar-refractivity contribution is 5.79. The van der Waals surface area contributed by atoms with E-state index in [1.807, 2.05) is 0 Å². The van der Waals surface area contributed by atoms with E-state index in [0.717, 1.165) is 12.8 Å². The normalized spacial score (nSPS) is 12.0. The lowest BCUT2D eigenvalue weighted by atomic mass is 9.97. The number of carbonyl (C=O) groups excluding carboxylic acids is 2. The Bertz CT molecular complexity index is 341. The molecule has 0 amide bonds. The summed E-state index contributed by atoms with van der Waals surface area (Å²) in [5, 5.41) is 0. The smallest absolute Gasteiger partial charge is 0.309 e. The van der Waals surface area contributed by atoms with E-state index in [2.05, 4.69) is 11.7 Å². The summed E-state index contributed by atoms with van der Waals surface area (Å²) in [5.41, 5.74) is 0. The fourth-order valence-electron chi connectivity index (χ4n) is 3.34. The first kappa shape index (κ1) is 24.9. The molecular formula is C22H42O4. The molecule has 0 bridgehead atoms. The molecule has 26 heavy (non-hydrogen) atoms. The average molecular weight is 371 g/mol. The number of esters is 2. The predicted octanol–water partition coefficient (Wildman–Crippen LogP) is 6.21. The van der Waals surface area contributed by atoms with Gasteiger partial charge in [-0.25, -0.2) is 0 Å². The third-order valence-corrected chi connectivity index (χ3v) is 5.08. The minimum Gasteiger partial charge on any atom is -0.469 e. The molecule has 0 fully saturated rings. The largest absolute Gasteiger partial charge is 0.469 e. The van der Waals surface area contributed by atoms with Crippen molar-refractivity contribution in [3.8, 4) is 0 Å². The third kappa shape index (κ3) is 15.2. The molecule has 0 aromatic carbocycles. The summed E-state index contributed by atoms with van der Waals surface area (Å²) in [5.74, 6) is -0.999. The Balaban J connectivity index is 3.47. The van der Waals surface area contributed by atoms with Crippen LogP contribution in [0.3, 0.4) is 0 Å². The van der Waals surface area contributed by atoms with Crippen molar-refractivity contribution in [2.75, 3.05) is 14.2 Å². The van der Waals surface area contributed by atoms with Crippen molar-refractivity contribution >= 4 is 11.9 Å². The van der Waals surface area contributed by atoms with Gasteiger partial charge in [0.15, 0.2) is 0 Å². The van der Waals surface area contributed by atoms with Crippen molar-refractivity contribution in [2.24, 2.45) is 5.92 Å². The van der Waals surface area contributed by atoms with Crippen LogP contribution in [0.25, 0.3) is 0 Å². The molecule has 154 valence electrons. The minimum atomic E-state index is -0.357. The van der Waals surface area contributed by atoms with Gasteiger partial charge in [-0.1, -0.05) is 96.8 Å². The van der Waals surface area contributed by atoms with Crippen LogP contribution < -0.4 is 0 Å². The maximum absolute atomic E-state index is 11.7. The molecule has 0 spiro atoms. The highest BCUT2D eigenvalue weighted by Crippen LogP contribution is 2.18. The fraction of sp³-hybridized carbons (Fsp3) is 0.909. The van der Waals surface area contributed by atoms with Crippen LogP contribution in [0.2, 0.25) is 0 Å². The first-order chi connectivity index (χ1) is 12.7. The lowest BCUT2D eigenvalue weighted by molar-refractivity contribution is -0.152. The summed E-state index contributed by atoms with van der Waals surface area (Å²) in [6.45, 7) is 2.26. The molecule has 4 heteroatoms. The predicted molar refractivity (Wildman–Crippen MR) is 107 cm³/mol. The molecule has 4 nitrogen and oxygen atoms in total. The Morgan fingerprint density at radius 2 is 1.08 bits per heavy atom. The Morgan fingerprint density at radius 3 is 1.46 bits per heavy atom. The molecule has 0 heterocycles. The molecule has 0 saturated heterocycles. The van der Waals surface area contributed by atoms with Crippen LogP contribution in [0.5, 0.6) is 0 Å². The number of methoxy groups -OCH3 is 2. The van der Waals surface area contributed by atoms with Gasteiger partial charge in [0.25, 0.3) is 0 Å². The zero-order chi connectivity index (χ0) is 19.5. The number of carbonyl (C=O) groups is 2. The molecule has 0 unspecified atom stereocenters. The average Bonchev–Trinajstić information content (AvgIpc) is 2.66. The molecule has 1 atom stereocenters. The highest BCUT2D eigenvalue weighted by Gasteiger charge is 2.22. The van der Waals surface area contributed by atoms with Gasteiger partial charge in [-0.15, -0.1) is 0 Å². The summed E-state index contributed by atoms with van der Waals surface area (Å²) < 4.78 is 9.43. The number of hydrogen-bond acceptors (Lipinski definition) is 4. The Hall–Kier alpha value is -1.06. The molecule has 0 aliphatic carbocycles. The molecule has 0 N–H and O–H groups in total. The standard InChI is InChI=1S/C22H42O4/c1-4-5-6-7-8-9-10-11-12-13-14-15-16-17-18-20(22(24)26-3)19-21(23)25-2/h20H,4-19H2,1-3H3/t20-/m1/s1. The lowest BCUT2D eigenvalue weighted by Gasteiger charge is -2.13. The van der Waals surface area contributed by atoms with Crippen molar-refractivity contribution in [2.45, 2.75) is 110 Å². The Morgan fingerprint density at radius 1 is 0.654 bits per heavy atom. The summed E-state index contributed by atoms with van der Waals surface area (Å²) in [6, 6.07) is 0. The second kappa shape index (κ2) is 18.7. The topological polar surface area (TPSA) is 52.6 Å². The van der Waals surface area contributed by atoms with Crippen LogP contribution in [0, 0.1) is 5.92 Å². The van der Waals surface area contributed by atoms with E-state index in [1.54, 1.807) is 0 Å². The zero-order valence-corrected chi connectivity index (χ0v) is 17.5. The zero-order valence-electron chi connectivity index (χ0n) is 17.5. The monoisotopic (exact) mass is 370 g/mol. The van der Waals surface area contributed by atoms with E-state index >= 15 is 0 Å². The Kier molecular flexibility index (Phi) is 18.0. The van der Waals surface area contributed by atoms with Gasteiger partial charge in [0.2, 0.25) is 0 Å². The van der Waals surface area contributed by atoms with Crippen molar-refractivity contribution in [3.05, 3.63) is 0 Å². The van der Waals surface area contributed by atoms with Gasteiger partial charge < -0.3 is 9.47 Å². The maximum atomic E-state index is 11.7. The Labute approximate surface area is 161 Å². The van der Waals surface area contributed by atoms with Crippen LogP contribution in [-0.4, -0.2) is 26.2 Å². The number of rotatable bonds is 18. The first-order valence-corrected chi connectivity index (χ1v) is 10.8. The first-order valence-electron chi connectivity index (χ1n) is 10.8. The van der Waals surface area contributed by atoms with E-state index < -0.39 is 0 Å².